The molecule has 0 aliphatic rings. The van der Waals surface area contributed by atoms with E-state index in [9.17, 15) is 9.59 Å². The summed E-state index contributed by atoms with van der Waals surface area (Å²) >= 11 is 0. The van der Waals surface area contributed by atoms with Crippen LogP contribution in [0.15, 0.2) is 77.6 Å². The number of amides is 1. The van der Waals surface area contributed by atoms with E-state index in [0.29, 0.717) is 28.2 Å². The van der Waals surface area contributed by atoms with Gasteiger partial charge < -0.3 is 14.8 Å². The van der Waals surface area contributed by atoms with Crippen LogP contribution < -0.4 is 20.3 Å². The molecule has 4 rings (SSSR count). The summed E-state index contributed by atoms with van der Waals surface area (Å²) in [5.74, 6) is 1.50. The molecule has 7 nitrogen and oxygen atoms in total. The van der Waals surface area contributed by atoms with Gasteiger partial charge in [-0.1, -0.05) is 30.3 Å². The molecule has 33 heavy (non-hydrogen) atoms. The fourth-order valence-corrected chi connectivity index (χ4v) is 3.37. The Morgan fingerprint density at radius 3 is 2.21 bits per heavy atom. The fourth-order valence-electron chi connectivity index (χ4n) is 3.37. The molecule has 0 saturated carbocycles. The quantitative estimate of drug-likeness (QED) is 0.464. The third-order valence-corrected chi connectivity index (χ3v) is 5.11. The maximum absolute atomic E-state index is 13.2. The lowest BCUT2D eigenvalue weighted by Crippen LogP contribution is -2.30. The van der Waals surface area contributed by atoms with Crippen molar-refractivity contribution < 1.29 is 14.3 Å². The third-order valence-electron chi connectivity index (χ3n) is 5.11. The average molecular weight is 441 g/mol. The molecule has 1 amide bonds. The Balaban J connectivity index is 1.65. The molecule has 0 saturated heterocycles. The first-order valence-electron chi connectivity index (χ1n) is 10.3. The van der Waals surface area contributed by atoms with Gasteiger partial charge in [0, 0.05) is 5.69 Å². The van der Waals surface area contributed by atoms with Gasteiger partial charge in [-0.25, -0.2) is 4.98 Å². The normalized spacial score (nSPS) is 11.0. The van der Waals surface area contributed by atoms with E-state index in [-0.39, 0.29) is 18.0 Å². The number of benzene rings is 3. The molecule has 7 heteroatoms. The molecule has 0 aliphatic carbocycles. The summed E-state index contributed by atoms with van der Waals surface area (Å²) in [6.07, 6.45) is 3.57. The summed E-state index contributed by atoms with van der Waals surface area (Å²) in [5.41, 5.74) is 1.81. The Bertz CT molecular complexity index is 1360. The first-order chi connectivity index (χ1) is 16.1. The molecule has 0 bridgehead atoms. The molecule has 0 aliphatic heterocycles. The van der Waals surface area contributed by atoms with E-state index in [1.165, 1.54) is 4.57 Å². The lowest BCUT2D eigenvalue weighted by Gasteiger charge is -2.12. The molecule has 3 aromatic carbocycles. The van der Waals surface area contributed by atoms with Crippen LogP contribution in [-0.4, -0.2) is 29.7 Å². The van der Waals surface area contributed by atoms with Gasteiger partial charge in [-0.15, -0.1) is 0 Å². The smallest absolute Gasteiger partial charge is 0.262 e. The van der Waals surface area contributed by atoms with Crippen molar-refractivity contribution in [2.75, 3.05) is 19.5 Å². The van der Waals surface area contributed by atoms with Gasteiger partial charge in [-0.2, -0.15) is 0 Å². The summed E-state index contributed by atoms with van der Waals surface area (Å²) in [6.45, 7) is -0.176. The van der Waals surface area contributed by atoms with Crippen molar-refractivity contribution in [1.29, 1.82) is 0 Å². The van der Waals surface area contributed by atoms with Crippen LogP contribution in [0, 0.1) is 0 Å². The number of ether oxygens (including phenoxy) is 2. The standard InChI is InChI=1S/C26H23N3O4/c1-32-20-12-7-18(8-13-20)9-16-24-28-23-6-4-3-5-22(23)26(31)29(24)17-25(30)27-19-10-14-21(33-2)15-11-19/h3-16H,17H2,1-2H3,(H,27,30)/b16-9+. The molecular weight excluding hydrogens is 418 g/mol. The molecule has 0 spiro atoms. The Labute approximate surface area is 190 Å². The predicted octanol–water partition coefficient (Wildman–Crippen LogP) is 4.22. The summed E-state index contributed by atoms with van der Waals surface area (Å²) < 4.78 is 11.7. The van der Waals surface area contributed by atoms with Crippen LogP contribution in [0.5, 0.6) is 11.5 Å². The largest absolute Gasteiger partial charge is 0.497 e. The zero-order chi connectivity index (χ0) is 23.2. The van der Waals surface area contributed by atoms with Gasteiger partial charge in [0.15, 0.2) is 0 Å². The third kappa shape index (κ3) is 5.10. The van der Waals surface area contributed by atoms with Crippen molar-refractivity contribution in [2.45, 2.75) is 6.54 Å². The highest BCUT2D eigenvalue weighted by Gasteiger charge is 2.13. The average Bonchev–Trinajstić information content (AvgIpc) is 2.85. The first kappa shape index (κ1) is 21.8. The van der Waals surface area contributed by atoms with E-state index in [1.54, 1.807) is 62.8 Å². The molecule has 4 aromatic rings. The molecule has 0 unspecified atom stereocenters. The van der Waals surface area contributed by atoms with E-state index in [4.69, 9.17) is 9.47 Å². The minimum atomic E-state index is -0.335. The maximum atomic E-state index is 13.2. The van der Waals surface area contributed by atoms with Gasteiger partial charge in [0.1, 0.15) is 23.9 Å². The number of methoxy groups -OCH3 is 2. The van der Waals surface area contributed by atoms with Crippen molar-refractivity contribution in [1.82, 2.24) is 9.55 Å². The zero-order valence-corrected chi connectivity index (χ0v) is 18.3. The zero-order valence-electron chi connectivity index (χ0n) is 18.3. The lowest BCUT2D eigenvalue weighted by molar-refractivity contribution is -0.116. The lowest BCUT2D eigenvalue weighted by atomic mass is 10.2. The summed E-state index contributed by atoms with van der Waals surface area (Å²) in [6, 6.07) is 21.6. The van der Waals surface area contributed by atoms with Crippen LogP contribution in [0.1, 0.15) is 11.4 Å². The SMILES string of the molecule is COc1ccc(/C=C/c2nc3ccccc3c(=O)n2CC(=O)Nc2ccc(OC)cc2)cc1. The van der Waals surface area contributed by atoms with Gasteiger partial charge in [0.25, 0.3) is 5.56 Å². The number of aromatic nitrogens is 2. The molecular formula is C26H23N3O4. The van der Waals surface area contributed by atoms with Gasteiger partial charge >= 0.3 is 0 Å². The van der Waals surface area contributed by atoms with Gasteiger partial charge in [-0.05, 0) is 60.2 Å². The number of nitrogens with one attached hydrogen (secondary N) is 1. The van der Waals surface area contributed by atoms with Crippen LogP contribution >= 0.6 is 0 Å². The predicted molar refractivity (Wildman–Crippen MR) is 130 cm³/mol. The van der Waals surface area contributed by atoms with E-state index < -0.39 is 0 Å². The molecule has 1 heterocycles. The van der Waals surface area contributed by atoms with Gasteiger partial charge in [0.05, 0.1) is 25.1 Å². The van der Waals surface area contributed by atoms with Crippen molar-refractivity contribution in [2.24, 2.45) is 0 Å². The second kappa shape index (κ2) is 9.82. The molecule has 1 N–H and O–H groups in total. The minimum Gasteiger partial charge on any atom is -0.497 e. The number of fused-ring (bicyclic) bond motifs is 1. The highest BCUT2D eigenvalue weighted by Crippen LogP contribution is 2.16. The second-order valence-corrected chi connectivity index (χ2v) is 7.26. The Kier molecular flexibility index (Phi) is 6.50. The van der Waals surface area contributed by atoms with Crippen LogP contribution in [0.2, 0.25) is 0 Å². The molecule has 0 fully saturated rings. The second-order valence-electron chi connectivity index (χ2n) is 7.26. The molecule has 0 radical (unpaired) electrons. The molecule has 1 aromatic heterocycles. The molecule has 0 atom stereocenters. The van der Waals surface area contributed by atoms with Crippen LogP contribution in [0.4, 0.5) is 5.69 Å². The van der Waals surface area contributed by atoms with E-state index in [1.807, 2.05) is 36.4 Å². The summed E-state index contributed by atoms with van der Waals surface area (Å²) in [4.78, 5) is 30.6. The van der Waals surface area contributed by atoms with Crippen molar-refractivity contribution in [3.05, 3.63) is 94.5 Å². The Morgan fingerprint density at radius 2 is 1.55 bits per heavy atom. The van der Waals surface area contributed by atoms with E-state index >= 15 is 0 Å². The number of rotatable bonds is 7. The maximum Gasteiger partial charge on any atom is 0.262 e. The van der Waals surface area contributed by atoms with Crippen molar-refractivity contribution in [3.63, 3.8) is 0 Å². The van der Waals surface area contributed by atoms with Crippen molar-refractivity contribution >= 4 is 34.6 Å². The minimum absolute atomic E-state index is 0.176. The number of carbonyl (C=O) groups excluding carboxylic acids is 1. The number of hydrogen-bond acceptors (Lipinski definition) is 5. The fraction of sp³-hybridized carbons (Fsp3) is 0.115. The Morgan fingerprint density at radius 1 is 0.909 bits per heavy atom. The van der Waals surface area contributed by atoms with E-state index in [0.717, 1.165) is 11.3 Å². The van der Waals surface area contributed by atoms with Crippen LogP contribution in [0.25, 0.3) is 23.1 Å². The summed E-state index contributed by atoms with van der Waals surface area (Å²) in [5, 5.41) is 3.27. The number of anilines is 1. The van der Waals surface area contributed by atoms with E-state index in [2.05, 4.69) is 10.3 Å². The molecule has 166 valence electrons. The monoisotopic (exact) mass is 441 g/mol. The number of hydrogen-bond donors (Lipinski definition) is 1. The van der Waals surface area contributed by atoms with Gasteiger partial charge in [0.2, 0.25) is 5.91 Å². The number of carbonyl (C=O) groups is 1. The first-order valence-corrected chi connectivity index (χ1v) is 10.3. The topological polar surface area (TPSA) is 82.5 Å². The van der Waals surface area contributed by atoms with Gasteiger partial charge in [-0.3, -0.25) is 14.2 Å². The van der Waals surface area contributed by atoms with Crippen molar-refractivity contribution in [3.8, 4) is 11.5 Å². The van der Waals surface area contributed by atoms with Crippen LogP contribution in [-0.2, 0) is 11.3 Å². The Hall–Kier alpha value is -4.39. The highest BCUT2D eigenvalue weighted by molar-refractivity contribution is 5.91. The number of para-hydroxylation sites is 1. The highest BCUT2D eigenvalue weighted by atomic mass is 16.5. The van der Waals surface area contributed by atoms with Crippen LogP contribution in [0.3, 0.4) is 0 Å². The number of nitrogens with zero attached hydrogens (tertiary/aromatic N) is 2. The summed E-state index contributed by atoms with van der Waals surface area (Å²) in [7, 11) is 3.19.